The zero-order chi connectivity index (χ0) is 11.4. The summed E-state index contributed by atoms with van der Waals surface area (Å²) in [7, 11) is 2.14. The van der Waals surface area contributed by atoms with Gasteiger partial charge in [-0.2, -0.15) is 0 Å². The average Bonchev–Trinajstić information content (AvgIpc) is 3.02. The molecule has 1 saturated carbocycles. The lowest BCUT2D eigenvalue weighted by molar-refractivity contribution is 0.137. The van der Waals surface area contributed by atoms with Gasteiger partial charge in [0.1, 0.15) is 0 Å². The minimum absolute atomic E-state index is 0.152. The molecule has 0 amide bonds. The lowest BCUT2D eigenvalue weighted by atomic mass is 9.88. The molecule has 2 unspecified atom stereocenters. The van der Waals surface area contributed by atoms with Crippen LogP contribution in [-0.2, 0) is 0 Å². The molecule has 0 spiro atoms. The Morgan fingerprint density at radius 3 is 2.47 bits per heavy atom. The summed E-state index contributed by atoms with van der Waals surface area (Å²) in [5, 5.41) is 9.15. The zero-order valence-corrected chi connectivity index (χ0v) is 10.1. The number of aliphatic hydroxyl groups is 1. The molecule has 0 aromatic carbocycles. The third kappa shape index (κ3) is 3.52. The van der Waals surface area contributed by atoms with E-state index in [-0.39, 0.29) is 18.4 Å². The number of aliphatic hydroxyl groups excluding tert-OH is 1. The van der Waals surface area contributed by atoms with Crippen LogP contribution >= 0.6 is 0 Å². The molecular weight excluding hydrogens is 186 g/mol. The fourth-order valence-corrected chi connectivity index (χ4v) is 2.04. The fourth-order valence-electron chi connectivity index (χ4n) is 2.04. The van der Waals surface area contributed by atoms with Crippen LogP contribution in [0.3, 0.4) is 0 Å². The predicted octanol–water partition coefficient (Wildman–Crippen LogP) is 1.59. The molecule has 2 nitrogen and oxygen atoms in total. The Morgan fingerprint density at radius 1 is 1.47 bits per heavy atom. The number of hydrogen-bond acceptors (Lipinski definition) is 2. The van der Waals surface area contributed by atoms with Crippen molar-refractivity contribution < 1.29 is 5.11 Å². The highest BCUT2D eigenvalue weighted by Gasteiger charge is 2.29. The van der Waals surface area contributed by atoms with Crippen molar-refractivity contribution in [1.82, 2.24) is 4.90 Å². The third-order valence-corrected chi connectivity index (χ3v) is 3.55. The molecule has 3 atom stereocenters. The lowest BCUT2D eigenvalue weighted by Crippen LogP contribution is -2.39. The topological polar surface area (TPSA) is 23.5 Å². The maximum atomic E-state index is 9.15. The first-order valence-corrected chi connectivity index (χ1v) is 5.87. The molecule has 1 rings (SSSR count). The van der Waals surface area contributed by atoms with Crippen LogP contribution in [0.25, 0.3) is 0 Å². The van der Waals surface area contributed by atoms with E-state index in [0.717, 1.165) is 12.5 Å². The van der Waals surface area contributed by atoms with Crippen LogP contribution in [0.4, 0.5) is 0 Å². The summed E-state index contributed by atoms with van der Waals surface area (Å²) < 4.78 is 0. The Bertz CT molecular complexity index is 229. The van der Waals surface area contributed by atoms with Gasteiger partial charge in [-0.1, -0.05) is 6.92 Å². The van der Waals surface area contributed by atoms with Gasteiger partial charge in [0.2, 0.25) is 0 Å². The Hall–Kier alpha value is -0.520. The van der Waals surface area contributed by atoms with Crippen molar-refractivity contribution in [2.24, 2.45) is 17.8 Å². The maximum absolute atomic E-state index is 9.15. The molecule has 15 heavy (non-hydrogen) atoms. The number of rotatable bonds is 6. The van der Waals surface area contributed by atoms with Gasteiger partial charge < -0.3 is 10.0 Å². The van der Waals surface area contributed by atoms with E-state index in [4.69, 9.17) is 11.5 Å². The van der Waals surface area contributed by atoms with Crippen LogP contribution in [0.5, 0.6) is 0 Å². The Morgan fingerprint density at radius 2 is 2.07 bits per heavy atom. The van der Waals surface area contributed by atoms with Gasteiger partial charge in [0.25, 0.3) is 0 Å². The van der Waals surface area contributed by atoms with Gasteiger partial charge in [-0.15, -0.1) is 12.3 Å². The van der Waals surface area contributed by atoms with Gasteiger partial charge in [-0.25, -0.2) is 0 Å². The molecule has 0 bridgehead atoms. The molecule has 0 aromatic rings. The standard InChI is InChI=1S/C13H23NO/c1-5-13(10(2)9-15)11(3)14(4)8-12-6-7-12/h1,10-13,15H,6-9H2,2-4H3/t10?,11?,13-/m1/s1. The first kappa shape index (κ1) is 12.5. The first-order valence-electron chi connectivity index (χ1n) is 5.87. The Balaban J connectivity index is 2.46. The van der Waals surface area contributed by atoms with Crippen molar-refractivity contribution in [3.8, 4) is 12.3 Å². The zero-order valence-electron chi connectivity index (χ0n) is 10.1. The normalized spacial score (nSPS) is 22.1. The molecule has 2 heteroatoms. The maximum Gasteiger partial charge on any atom is 0.0469 e. The molecule has 0 saturated heterocycles. The number of hydrogen-bond donors (Lipinski definition) is 1. The number of terminal acetylenes is 1. The van der Waals surface area contributed by atoms with Gasteiger partial charge in [0, 0.05) is 25.1 Å². The molecule has 0 radical (unpaired) electrons. The SMILES string of the molecule is C#C[C@H](C(C)CO)C(C)N(C)CC1CC1. The lowest BCUT2D eigenvalue weighted by Gasteiger charge is -2.32. The summed E-state index contributed by atoms with van der Waals surface area (Å²) in [4.78, 5) is 2.34. The van der Waals surface area contributed by atoms with E-state index in [1.54, 1.807) is 0 Å². The summed E-state index contributed by atoms with van der Waals surface area (Å²) >= 11 is 0. The second-order valence-corrected chi connectivity index (χ2v) is 4.98. The van der Waals surface area contributed by atoms with Crippen molar-refractivity contribution in [1.29, 1.82) is 0 Å². The summed E-state index contributed by atoms with van der Waals surface area (Å²) in [6.45, 7) is 5.51. The Labute approximate surface area is 93.7 Å². The van der Waals surface area contributed by atoms with Gasteiger partial charge in [0.05, 0.1) is 0 Å². The van der Waals surface area contributed by atoms with Crippen LogP contribution in [0.15, 0.2) is 0 Å². The molecule has 1 fully saturated rings. The molecule has 1 aliphatic carbocycles. The van der Waals surface area contributed by atoms with E-state index in [9.17, 15) is 0 Å². The summed E-state index contributed by atoms with van der Waals surface area (Å²) in [6, 6.07) is 0.359. The van der Waals surface area contributed by atoms with E-state index >= 15 is 0 Å². The van der Waals surface area contributed by atoms with Crippen molar-refractivity contribution in [2.45, 2.75) is 32.7 Å². The second kappa shape index (κ2) is 5.53. The third-order valence-electron chi connectivity index (χ3n) is 3.55. The van der Waals surface area contributed by atoms with Crippen molar-refractivity contribution >= 4 is 0 Å². The van der Waals surface area contributed by atoms with Crippen LogP contribution in [-0.4, -0.2) is 36.2 Å². The van der Waals surface area contributed by atoms with E-state index in [2.05, 4.69) is 24.8 Å². The highest BCUT2D eigenvalue weighted by Crippen LogP contribution is 2.31. The van der Waals surface area contributed by atoms with E-state index in [0.29, 0.717) is 6.04 Å². The fraction of sp³-hybridized carbons (Fsp3) is 0.846. The van der Waals surface area contributed by atoms with Gasteiger partial charge in [-0.05, 0) is 38.6 Å². The van der Waals surface area contributed by atoms with Gasteiger partial charge in [0.15, 0.2) is 0 Å². The summed E-state index contributed by atoms with van der Waals surface area (Å²) in [5.74, 6) is 4.05. The van der Waals surface area contributed by atoms with E-state index < -0.39 is 0 Å². The molecule has 1 aliphatic rings. The predicted molar refractivity (Wildman–Crippen MR) is 63.4 cm³/mol. The monoisotopic (exact) mass is 209 g/mol. The highest BCUT2D eigenvalue weighted by molar-refractivity contribution is 5.00. The molecular formula is C13H23NO. The largest absolute Gasteiger partial charge is 0.396 e. The van der Waals surface area contributed by atoms with Crippen molar-refractivity contribution in [3.63, 3.8) is 0 Å². The number of nitrogens with zero attached hydrogens (tertiary/aromatic N) is 1. The minimum atomic E-state index is 0.152. The van der Waals surface area contributed by atoms with Crippen LogP contribution < -0.4 is 0 Å². The van der Waals surface area contributed by atoms with Crippen molar-refractivity contribution in [3.05, 3.63) is 0 Å². The molecule has 1 N–H and O–H groups in total. The Kier molecular flexibility index (Phi) is 4.63. The average molecular weight is 209 g/mol. The molecule has 0 aliphatic heterocycles. The van der Waals surface area contributed by atoms with E-state index in [1.807, 2.05) is 6.92 Å². The summed E-state index contributed by atoms with van der Waals surface area (Å²) in [5.41, 5.74) is 0. The van der Waals surface area contributed by atoms with Crippen LogP contribution in [0, 0.1) is 30.1 Å². The van der Waals surface area contributed by atoms with Crippen LogP contribution in [0.2, 0.25) is 0 Å². The molecule has 86 valence electrons. The summed E-state index contributed by atoms with van der Waals surface area (Å²) in [6.07, 6.45) is 8.28. The van der Waals surface area contributed by atoms with Gasteiger partial charge >= 0.3 is 0 Å². The molecule has 0 heterocycles. The smallest absolute Gasteiger partial charge is 0.0469 e. The first-order chi connectivity index (χ1) is 7.10. The van der Waals surface area contributed by atoms with Crippen LogP contribution in [0.1, 0.15) is 26.7 Å². The second-order valence-electron chi connectivity index (χ2n) is 4.98. The quantitative estimate of drug-likeness (QED) is 0.672. The molecule has 0 aromatic heterocycles. The minimum Gasteiger partial charge on any atom is -0.396 e. The van der Waals surface area contributed by atoms with Crippen molar-refractivity contribution in [2.75, 3.05) is 20.2 Å². The van der Waals surface area contributed by atoms with Gasteiger partial charge in [-0.3, -0.25) is 0 Å². The highest BCUT2D eigenvalue weighted by atomic mass is 16.3. The van der Waals surface area contributed by atoms with E-state index in [1.165, 1.54) is 12.8 Å².